The SMILES string of the molecule is COC(=O)C1C(C)=NC2=C(C(=O)CC(C)(C)C2)[C@@H]1c1coc2ccccc2c1=O. The molecule has 0 saturated carbocycles. The molecule has 1 aliphatic carbocycles. The molecule has 0 amide bonds. The molecule has 2 aromatic rings. The topological polar surface area (TPSA) is 85.9 Å². The van der Waals surface area contributed by atoms with Gasteiger partial charge in [0.25, 0.3) is 0 Å². The third-order valence-corrected chi connectivity index (χ3v) is 5.80. The van der Waals surface area contributed by atoms with Crippen LogP contribution < -0.4 is 5.43 Å². The molecule has 1 aromatic heterocycles. The number of ether oxygens (including phenoxy) is 1. The molecule has 1 aromatic carbocycles. The van der Waals surface area contributed by atoms with Crippen molar-refractivity contribution in [3.8, 4) is 0 Å². The smallest absolute Gasteiger partial charge is 0.315 e. The maximum absolute atomic E-state index is 13.3. The second-order valence-electron chi connectivity index (χ2n) is 8.55. The maximum atomic E-state index is 13.3. The lowest BCUT2D eigenvalue weighted by molar-refractivity contribution is -0.143. The van der Waals surface area contributed by atoms with Crippen molar-refractivity contribution < 1.29 is 18.7 Å². The molecule has 0 fully saturated rings. The van der Waals surface area contributed by atoms with Gasteiger partial charge in [-0.3, -0.25) is 19.4 Å². The van der Waals surface area contributed by atoms with E-state index in [2.05, 4.69) is 4.99 Å². The van der Waals surface area contributed by atoms with Crippen molar-refractivity contribution in [2.75, 3.05) is 7.11 Å². The number of esters is 1. The Balaban J connectivity index is 1.99. The number of aliphatic imine (C=N–C) groups is 1. The van der Waals surface area contributed by atoms with Crippen LogP contribution in [0.1, 0.15) is 45.1 Å². The van der Waals surface area contributed by atoms with Crippen molar-refractivity contribution in [1.29, 1.82) is 0 Å². The van der Waals surface area contributed by atoms with Gasteiger partial charge in [0.05, 0.1) is 18.8 Å². The summed E-state index contributed by atoms with van der Waals surface area (Å²) in [7, 11) is 1.30. The Kier molecular flexibility index (Phi) is 4.52. The quantitative estimate of drug-likeness (QED) is 0.725. The van der Waals surface area contributed by atoms with Gasteiger partial charge in [0.15, 0.2) is 11.2 Å². The molecule has 2 atom stereocenters. The first-order valence-electron chi connectivity index (χ1n) is 9.63. The highest BCUT2D eigenvalue weighted by atomic mass is 16.5. The number of ketones is 1. The summed E-state index contributed by atoms with van der Waals surface area (Å²) >= 11 is 0. The van der Waals surface area contributed by atoms with Gasteiger partial charge >= 0.3 is 5.97 Å². The minimum absolute atomic E-state index is 0.0843. The molecule has 4 rings (SSSR count). The summed E-state index contributed by atoms with van der Waals surface area (Å²) in [5.41, 5.74) is 1.91. The highest BCUT2D eigenvalue weighted by Crippen LogP contribution is 2.47. The van der Waals surface area contributed by atoms with E-state index < -0.39 is 17.8 Å². The molecule has 1 unspecified atom stereocenters. The molecule has 2 aliphatic rings. The summed E-state index contributed by atoms with van der Waals surface area (Å²) in [4.78, 5) is 43.8. The Hall–Kier alpha value is -3.02. The van der Waals surface area contributed by atoms with Crippen molar-refractivity contribution in [2.24, 2.45) is 16.3 Å². The highest BCUT2D eigenvalue weighted by molar-refractivity contribution is 6.09. The molecule has 29 heavy (non-hydrogen) atoms. The van der Waals surface area contributed by atoms with Gasteiger partial charge in [-0.05, 0) is 30.9 Å². The van der Waals surface area contributed by atoms with Gasteiger partial charge < -0.3 is 9.15 Å². The number of nitrogens with zero attached hydrogens (tertiary/aromatic N) is 1. The summed E-state index contributed by atoms with van der Waals surface area (Å²) in [5, 5.41) is 0.416. The first-order chi connectivity index (χ1) is 13.7. The van der Waals surface area contributed by atoms with Crippen molar-refractivity contribution >= 4 is 28.4 Å². The van der Waals surface area contributed by atoms with E-state index in [9.17, 15) is 14.4 Å². The number of hydrogen-bond donors (Lipinski definition) is 0. The summed E-state index contributed by atoms with van der Waals surface area (Å²) in [5.74, 6) is -2.21. The predicted octanol–water partition coefficient (Wildman–Crippen LogP) is 3.78. The molecule has 1 aliphatic heterocycles. The largest absolute Gasteiger partial charge is 0.468 e. The Morgan fingerprint density at radius 3 is 2.66 bits per heavy atom. The molecule has 2 heterocycles. The summed E-state index contributed by atoms with van der Waals surface area (Å²) in [6.07, 6.45) is 2.32. The molecule has 6 heteroatoms. The van der Waals surface area contributed by atoms with E-state index in [4.69, 9.17) is 9.15 Å². The van der Waals surface area contributed by atoms with Crippen LogP contribution in [0.5, 0.6) is 0 Å². The molecule has 6 nitrogen and oxygen atoms in total. The molecule has 150 valence electrons. The van der Waals surface area contributed by atoms with Crippen molar-refractivity contribution in [2.45, 2.75) is 39.5 Å². The lowest BCUT2D eigenvalue weighted by atomic mass is 9.67. The monoisotopic (exact) mass is 393 g/mol. The summed E-state index contributed by atoms with van der Waals surface area (Å²) in [6.45, 7) is 5.78. The van der Waals surface area contributed by atoms with Crippen LogP contribution in [-0.2, 0) is 14.3 Å². The molecular weight excluding hydrogens is 370 g/mol. The van der Waals surface area contributed by atoms with Crippen LogP contribution in [0.2, 0.25) is 0 Å². The number of methoxy groups -OCH3 is 1. The second kappa shape index (κ2) is 6.79. The van der Waals surface area contributed by atoms with Gasteiger partial charge in [0, 0.05) is 34.9 Å². The minimum atomic E-state index is -0.840. The fourth-order valence-corrected chi connectivity index (χ4v) is 4.52. The normalized spacial score (nSPS) is 23.6. The molecular formula is C23H23NO5. The van der Waals surface area contributed by atoms with E-state index in [0.717, 1.165) is 0 Å². The van der Waals surface area contributed by atoms with Gasteiger partial charge in [-0.15, -0.1) is 0 Å². The van der Waals surface area contributed by atoms with Crippen LogP contribution in [0.15, 0.2) is 56.0 Å². The Morgan fingerprint density at radius 2 is 1.93 bits per heavy atom. The van der Waals surface area contributed by atoms with Crippen LogP contribution in [0, 0.1) is 11.3 Å². The lowest BCUT2D eigenvalue weighted by Crippen LogP contribution is -2.40. The average molecular weight is 393 g/mol. The first-order valence-corrected chi connectivity index (χ1v) is 9.63. The molecule has 0 bridgehead atoms. The van der Waals surface area contributed by atoms with Gasteiger partial charge in [-0.2, -0.15) is 0 Å². The number of Topliss-reactive ketones (excluding diaryl/α,β-unsaturated/α-hetero) is 1. The zero-order valence-electron chi connectivity index (χ0n) is 16.9. The van der Waals surface area contributed by atoms with Crippen molar-refractivity contribution in [3.05, 3.63) is 57.6 Å². The highest BCUT2D eigenvalue weighted by Gasteiger charge is 2.47. The van der Waals surface area contributed by atoms with Crippen LogP contribution in [-0.4, -0.2) is 24.6 Å². The number of benzene rings is 1. The van der Waals surface area contributed by atoms with Crippen molar-refractivity contribution in [1.82, 2.24) is 0 Å². The number of allylic oxidation sites excluding steroid dienone is 2. The van der Waals surface area contributed by atoms with Crippen LogP contribution in [0.4, 0.5) is 0 Å². The average Bonchev–Trinajstić information content (AvgIpc) is 2.66. The van der Waals surface area contributed by atoms with Gasteiger partial charge in [0.1, 0.15) is 11.5 Å². The van der Waals surface area contributed by atoms with Gasteiger partial charge in [0.2, 0.25) is 0 Å². The molecule has 0 spiro atoms. The number of para-hydroxylation sites is 1. The number of hydrogen-bond acceptors (Lipinski definition) is 6. The summed E-state index contributed by atoms with van der Waals surface area (Å²) < 4.78 is 10.7. The molecule has 0 radical (unpaired) electrons. The van der Waals surface area contributed by atoms with Crippen molar-refractivity contribution in [3.63, 3.8) is 0 Å². The lowest BCUT2D eigenvalue weighted by Gasteiger charge is -2.38. The number of fused-ring (bicyclic) bond motifs is 1. The van der Waals surface area contributed by atoms with E-state index in [1.54, 1.807) is 31.2 Å². The Labute approximate surface area is 168 Å². The molecule has 0 saturated heterocycles. The van der Waals surface area contributed by atoms with Gasteiger partial charge in [-0.25, -0.2) is 0 Å². The zero-order valence-corrected chi connectivity index (χ0v) is 16.9. The maximum Gasteiger partial charge on any atom is 0.315 e. The number of carbonyl (C=O) groups is 2. The number of carbonyl (C=O) groups excluding carboxylic acids is 2. The van der Waals surface area contributed by atoms with Gasteiger partial charge in [-0.1, -0.05) is 26.0 Å². The van der Waals surface area contributed by atoms with E-state index in [-0.39, 0.29) is 22.2 Å². The Morgan fingerprint density at radius 1 is 1.21 bits per heavy atom. The van der Waals surface area contributed by atoms with E-state index in [1.807, 2.05) is 13.8 Å². The third kappa shape index (κ3) is 3.12. The van der Waals surface area contributed by atoms with E-state index in [1.165, 1.54) is 13.4 Å². The Bertz CT molecular complexity index is 1150. The van der Waals surface area contributed by atoms with E-state index >= 15 is 0 Å². The standard InChI is InChI=1S/C23H23NO5/c1-12-18(22(27)28-4)19(20-15(24-12)9-23(2,3)10-16(20)25)14-11-29-17-8-6-5-7-13(17)21(14)26/h5-8,11,18-19H,9-10H2,1-4H3/t18?,19-/m1/s1. The number of rotatable bonds is 2. The van der Waals surface area contributed by atoms with Crippen LogP contribution in [0.25, 0.3) is 11.0 Å². The third-order valence-electron chi connectivity index (χ3n) is 5.80. The summed E-state index contributed by atoms with van der Waals surface area (Å²) in [6, 6.07) is 6.94. The van der Waals surface area contributed by atoms with Crippen LogP contribution >= 0.6 is 0 Å². The van der Waals surface area contributed by atoms with E-state index in [0.29, 0.717) is 40.8 Å². The fourth-order valence-electron chi connectivity index (χ4n) is 4.52. The second-order valence-corrected chi connectivity index (χ2v) is 8.55. The minimum Gasteiger partial charge on any atom is -0.468 e. The fraction of sp³-hybridized carbons (Fsp3) is 0.391. The first kappa shape index (κ1) is 19.3. The predicted molar refractivity (Wildman–Crippen MR) is 109 cm³/mol. The molecule has 0 N–H and O–H groups in total. The van der Waals surface area contributed by atoms with Crippen LogP contribution in [0.3, 0.4) is 0 Å². The zero-order chi connectivity index (χ0) is 20.9.